The molecule has 0 saturated carbocycles. The Morgan fingerprint density at radius 3 is 1.29 bits per heavy atom. The van der Waals surface area contributed by atoms with Crippen LogP contribution in [0.15, 0.2) is 0 Å². The monoisotopic (exact) mass is 198 g/mol. The van der Waals surface area contributed by atoms with Crippen LogP contribution in [0.4, 0.5) is 0 Å². The van der Waals surface area contributed by atoms with Crippen LogP contribution >= 0.6 is 0 Å². The summed E-state index contributed by atoms with van der Waals surface area (Å²) in [6, 6.07) is 0. The van der Waals surface area contributed by atoms with Crippen molar-refractivity contribution in [2.75, 3.05) is 0 Å². The van der Waals surface area contributed by atoms with E-state index in [1.165, 1.54) is 0 Å². The molecule has 2 atom stereocenters. The number of carbonyl (C=O) groups is 1. The Morgan fingerprint density at radius 2 is 1.07 bits per heavy atom. The molecule has 0 amide bonds. The first kappa shape index (κ1) is 13.7. The van der Waals surface area contributed by atoms with Crippen molar-refractivity contribution in [2.45, 2.75) is 54.4 Å². The summed E-state index contributed by atoms with van der Waals surface area (Å²) in [6.45, 7) is 12.8. The second-order valence-corrected chi connectivity index (χ2v) is 5.46. The Labute approximate surface area is 89.3 Å². The molecule has 0 saturated heterocycles. The summed E-state index contributed by atoms with van der Waals surface area (Å²) in [5, 5.41) is 0. The van der Waals surface area contributed by atoms with Crippen molar-refractivity contribution >= 4 is 5.78 Å². The first-order chi connectivity index (χ1) is 6.34. The van der Waals surface area contributed by atoms with E-state index in [0.717, 1.165) is 12.8 Å². The van der Waals surface area contributed by atoms with E-state index in [-0.39, 0.29) is 11.8 Å². The Hall–Kier alpha value is -0.330. The molecule has 0 aliphatic heterocycles. The molecule has 0 rings (SSSR count). The molecule has 0 aromatic carbocycles. The highest BCUT2D eigenvalue weighted by atomic mass is 16.1. The summed E-state index contributed by atoms with van der Waals surface area (Å²) in [4.78, 5) is 11.9. The molecule has 0 aromatic rings. The molecule has 84 valence electrons. The van der Waals surface area contributed by atoms with Crippen LogP contribution < -0.4 is 0 Å². The van der Waals surface area contributed by atoms with Crippen LogP contribution in [-0.4, -0.2) is 5.78 Å². The SMILES string of the molecule is CC(C)CC(C)C(=O)C(C)CC(C)C. The zero-order valence-electron chi connectivity index (χ0n) is 10.6. The molecule has 0 heterocycles. The third-order valence-corrected chi connectivity index (χ3v) is 2.62. The molecular formula is C13H26O. The van der Waals surface area contributed by atoms with Crippen molar-refractivity contribution in [3.05, 3.63) is 0 Å². The number of hydrogen-bond acceptors (Lipinski definition) is 1. The first-order valence-electron chi connectivity index (χ1n) is 5.88. The predicted octanol–water partition coefficient (Wildman–Crippen LogP) is 3.92. The van der Waals surface area contributed by atoms with Crippen molar-refractivity contribution in [3.63, 3.8) is 0 Å². The summed E-state index contributed by atoms with van der Waals surface area (Å²) in [7, 11) is 0. The van der Waals surface area contributed by atoms with Gasteiger partial charge in [-0.05, 0) is 24.7 Å². The summed E-state index contributed by atoms with van der Waals surface area (Å²) >= 11 is 0. The van der Waals surface area contributed by atoms with Gasteiger partial charge in [0.15, 0.2) is 0 Å². The molecule has 0 N–H and O–H groups in total. The highest BCUT2D eigenvalue weighted by molar-refractivity contribution is 5.82. The molecule has 0 bridgehead atoms. The number of hydrogen-bond donors (Lipinski definition) is 0. The van der Waals surface area contributed by atoms with Gasteiger partial charge in [0, 0.05) is 11.8 Å². The van der Waals surface area contributed by atoms with Crippen molar-refractivity contribution < 1.29 is 4.79 Å². The Kier molecular flexibility index (Phi) is 6.06. The highest BCUT2D eigenvalue weighted by Crippen LogP contribution is 2.20. The topological polar surface area (TPSA) is 17.1 Å². The van der Waals surface area contributed by atoms with Crippen LogP contribution in [0, 0.1) is 23.7 Å². The smallest absolute Gasteiger partial charge is 0.138 e. The Balaban J connectivity index is 4.04. The fourth-order valence-corrected chi connectivity index (χ4v) is 2.13. The van der Waals surface area contributed by atoms with Gasteiger partial charge in [-0.15, -0.1) is 0 Å². The first-order valence-corrected chi connectivity index (χ1v) is 5.88. The van der Waals surface area contributed by atoms with E-state index >= 15 is 0 Å². The molecule has 0 fully saturated rings. The Bertz CT molecular complexity index is 152. The minimum atomic E-state index is 0.240. The maximum Gasteiger partial charge on any atom is 0.138 e. The summed E-state index contributed by atoms with van der Waals surface area (Å²) in [5.74, 6) is 2.18. The second kappa shape index (κ2) is 6.21. The van der Waals surface area contributed by atoms with Gasteiger partial charge in [0.2, 0.25) is 0 Å². The number of rotatable bonds is 6. The zero-order valence-corrected chi connectivity index (χ0v) is 10.6. The van der Waals surface area contributed by atoms with E-state index in [0.29, 0.717) is 17.6 Å². The standard InChI is InChI=1S/C13H26O/c1-9(2)7-11(5)13(14)12(6)8-10(3)4/h9-12H,7-8H2,1-6H3. The van der Waals surface area contributed by atoms with E-state index in [1.54, 1.807) is 0 Å². The fraction of sp³-hybridized carbons (Fsp3) is 0.923. The van der Waals surface area contributed by atoms with Crippen molar-refractivity contribution in [1.82, 2.24) is 0 Å². The largest absolute Gasteiger partial charge is 0.299 e. The molecule has 1 nitrogen and oxygen atoms in total. The molecule has 0 radical (unpaired) electrons. The van der Waals surface area contributed by atoms with E-state index in [1.807, 2.05) is 0 Å². The minimum absolute atomic E-state index is 0.240. The van der Waals surface area contributed by atoms with Gasteiger partial charge in [-0.3, -0.25) is 4.79 Å². The number of ketones is 1. The molecule has 1 heteroatoms. The van der Waals surface area contributed by atoms with E-state index < -0.39 is 0 Å². The normalized spacial score (nSPS) is 16.0. The molecular weight excluding hydrogens is 172 g/mol. The van der Waals surface area contributed by atoms with Crippen LogP contribution in [0.5, 0.6) is 0 Å². The lowest BCUT2D eigenvalue weighted by atomic mass is 9.85. The zero-order chi connectivity index (χ0) is 11.3. The van der Waals surface area contributed by atoms with Gasteiger partial charge in [-0.2, -0.15) is 0 Å². The Morgan fingerprint density at radius 1 is 0.786 bits per heavy atom. The van der Waals surface area contributed by atoms with Gasteiger partial charge < -0.3 is 0 Å². The maximum atomic E-state index is 11.9. The maximum absolute atomic E-state index is 11.9. The molecule has 0 aromatic heterocycles. The van der Waals surface area contributed by atoms with Gasteiger partial charge in [0.05, 0.1) is 0 Å². The molecule has 0 spiro atoms. The third kappa shape index (κ3) is 5.41. The van der Waals surface area contributed by atoms with Gasteiger partial charge in [-0.1, -0.05) is 41.5 Å². The lowest BCUT2D eigenvalue weighted by Gasteiger charge is -2.19. The van der Waals surface area contributed by atoms with Gasteiger partial charge in [-0.25, -0.2) is 0 Å². The summed E-state index contributed by atoms with van der Waals surface area (Å²) < 4.78 is 0. The van der Waals surface area contributed by atoms with Gasteiger partial charge >= 0.3 is 0 Å². The van der Waals surface area contributed by atoms with E-state index in [9.17, 15) is 4.79 Å². The molecule has 2 unspecified atom stereocenters. The molecule has 0 aliphatic rings. The van der Waals surface area contributed by atoms with Crippen molar-refractivity contribution in [1.29, 1.82) is 0 Å². The lowest BCUT2D eigenvalue weighted by molar-refractivity contribution is -0.126. The number of Topliss-reactive ketones (excluding diaryl/α,β-unsaturated/α-hetero) is 1. The predicted molar refractivity (Wildman–Crippen MR) is 62.2 cm³/mol. The fourth-order valence-electron chi connectivity index (χ4n) is 2.13. The van der Waals surface area contributed by atoms with Gasteiger partial charge in [0.1, 0.15) is 5.78 Å². The van der Waals surface area contributed by atoms with Gasteiger partial charge in [0.25, 0.3) is 0 Å². The van der Waals surface area contributed by atoms with Crippen LogP contribution in [-0.2, 0) is 4.79 Å². The van der Waals surface area contributed by atoms with Crippen LogP contribution in [0.1, 0.15) is 54.4 Å². The summed E-state index contributed by atoms with van der Waals surface area (Å²) in [5.41, 5.74) is 0. The quantitative estimate of drug-likeness (QED) is 0.632. The van der Waals surface area contributed by atoms with Crippen molar-refractivity contribution in [3.8, 4) is 0 Å². The molecule has 0 aliphatic carbocycles. The second-order valence-electron chi connectivity index (χ2n) is 5.46. The average molecular weight is 198 g/mol. The van der Waals surface area contributed by atoms with E-state index in [4.69, 9.17) is 0 Å². The third-order valence-electron chi connectivity index (χ3n) is 2.62. The minimum Gasteiger partial charge on any atom is -0.299 e. The van der Waals surface area contributed by atoms with Crippen LogP contribution in [0.2, 0.25) is 0 Å². The van der Waals surface area contributed by atoms with E-state index in [2.05, 4.69) is 41.5 Å². The van der Waals surface area contributed by atoms with Crippen molar-refractivity contribution in [2.24, 2.45) is 23.7 Å². The number of carbonyl (C=O) groups excluding carboxylic acids is 1. The summed E-state index contributed by atoms with van der Waals surface area (Å²) in [6.07, 6.45) is 2.06. The van der Waals surface area contributed by atoms with Crippen LogP contribution in [0.3, 0.4) is 0 Å². The lowest BCUT2D eigenvalue weighted by Crippen LogP contribution is -2.22. The average Bonchev–Trinajstić information content (AvgIpc) is 2.00. The van der Waals surface area contributed by atoms with Crippen LogP contribution in [0.25, 0.3) is 0 Å². The highest BCUT2D eigenvalue weighted by Gasteiger charge is 2.21. The molecule has 14 heavy (non-hydrogen) atoms.